The third kappa shape index (κ3) is 3.12. The molecule has 1 N–H and O–H groups in total. The maximum Gasteiger partial charge on any atom is 0.265 e. The zero-order chi connectivity index (χ0) is 19.9. The molecule has 0 atom stereocenters. The summed E-state index contributed by atoms with van der Waals surface area (Å²) in [6.07, 6.45) is 0. The fraction of sp³-hybridized carbons (Fsp3) is 0.100. The second-order valence-electron chi connectivity index (χ2n) is 6.05. The number of furan rings is 1. The lowest BCUT2D eigenvalue weighted by atomic mass is 10.1. The Hall–Kier alpha value is -2.90. The topological polar surface area (TPSA) is 77.8 Å². The van der Waals surface area contributed by atoms with Gasteiger partial charge in [0.05, 0.1) is 19.9 Å². The average molecular weight is 418 g/mol. The minimum Gasteiger partial charge on any atom is -0.495 e. The summed E-state index contributed by atoms with van der Waals surface area (Å²) < 4.78 is 44.9. The molecular weight excluding hydrogens is 402 g/mol. The zero-order valence-electron chi connectivity index (χ0n) is 15.0. The number of halogens is 1. The molecule has 0 bridgehead atoms. The van der Waals surface area contributed by atoms with Crippen LogP contribution in [0, 0.1) is 0 Å². The third-order valence-electron chi connectivity index (χ3n) is 4.36. The first kappa shape index (κ1) is 18.5. The van der Waals surface area contributed by atoms with Crippen LogP contribution in [0.3, 0.4) is 0 Å². The number of rotatable bonds is 5. The van der Waals surface area contributed by atoms with Gasteiger partial charge in [0.2, 0.25) is 0 Å². The van der Waals surface area contributed by atoms with Crippen molar-refractivity contribution in [3.8, 4) is 11.5 Å². The van der Waals surface area contributed by atoms with E-state index >= 15 is 0 Å². The van der Waals surface area contributed by atoms with Crippen molar-refractivity contribution in [1.29, 1.82) is 0 Å². The van der Waals surface area contributed by atoms with E-state index in [0.717, 1.165) is 10.8 Å². The highest BCUT2D eigenvalue weighted by molar-refractivity contribution is 7.92. The molecule has 28 heavy (non-hydrogen) atoms. The predicted octanol–water partition coefficient (Wildman–Crippen LogP) is 5.06. The van der Waals surface area contributed by atoms with Gasteiger partial charge in [-0.25, -0.2) is 8.42 Å². The fourth-order valence-corrected chi connectivity index (χ4v) is 4.55. The molecule has 0 radical (unpaired) electrons. The lowest BCUT2D eigenvalue weighted by Gasteiger charge is -2.14. The van der Waals surface area contributed by atoms with Crippen LogP contribution in [-0.2, 0) is 10.0 Å². The maximum atomic E-state index is 13.0. The molecule has 0 unspecified atom stereocenters. The Kier molecular flexibility index (Phi) is 4.56. The molecule has 0 saturated carbocycles. The van der Waals surface area contributed by atoms with Crippen molar-refractivity contribution < 1.29 is 22.3 Å². The van der Waals surface area contributed by atoms with Crippen LogP contribution in [-0.4, -0.2) is 22.6 Å². The van der Waals surface area contributed by atoms with Crippen LogP contribution < -0.4 is 14.2 Å². The minimum absolute atomic E-state index is 0.0748. The SMILES string of the molecule is COc1cc2c(cc1NS(=O)(=O)c1cc(Cl)ccc1OC)oc1ccccc12. The highest BCUT2D eigenvalue weighted by Gasteiger charge is 2.23. The van der Waals surface area contributed by atoms with Crippen molar-refractivity contribution in [2.45, 2.75) is 4.90 Å². The van der Waals surface area contributed by atoms with E-state index < -0.39 is 10.0 Å². The van der Waals surface area contributed by atoms with Crippen LogP contribution in [0.1, 0.15) is 0 Å². The molecule has 144 valence electrons. The smallest absolute Gasteiger partial charge is 0.265 e. The van der Waals surface area contributed by atoms with Gasteiger partial charge in [0.15, 0.2) is 0 Å². The van der Waals surface area contributed by atoms with E-state index in [4.69, 9.17) is 25.5 Å². The highest BCUT2D eigenvalue weighted by Crippen LogP contribution is 2.38. The molecule has 0 amide bonds. The van der Waals surface area contributed by atoms with Gasteiger partial charge in [-0.3, -0.25) is 4.72 Å². The summed E-state index contributed by atoms with van der Waals surface area (Å²) in [7, 11) is -1.13. The second-order valence-corrected chi connectivity index (χ2v) is 8.13. The molecule has 6 nitrogen and oxygen atoms in total. The van der Waals surface area contributed by atoms with Crippen molar-refractivity contribution >= 4 is 49.3 Å². The summed E-state index contributed by atoms with van der Waals surface area (Å²) in [5.41, 5.74) is 1.49. The van der Waals surface area contributed by atoms with Crippen molar-refractivity contribution in [2.24, 2.45) is 0 Å². The molecule has 0 saturated heterocycles. The van der Waals surface area contributed by atoms with Crippen molar-refractivity contribution in [3.63, 3.8) is 0 Å². The summed E-state index contributed by atoms with van der Waals surface area (Å²) >= 11 is 5.98. The molecule has 4 aromatic rings. The van der Waals surface area contributed by atoms with E-state index in [9.17, 15) is 8.42 Å². The molecule has 4 rings (SSSR count). The van der Waals surface area contributed by atoms with Gasteiger partial charge in [-0.05, 0) is 30.3 Å². The number of ether oxygens (including phenoxy) is 2. The standard InChI is InChI=1S/C20H16ClNO5S/c1-25-17-8-7-12(21)9-20(17)28(23,24)22-15-11-18-14(10-19(15)26-2)13-5-3-4-6-16(13)27-18/h3-11,22H,1-2H3. The number of sulfonamides is 1. The normalized spacial score (nSPS) is 11.7. The van der Waals surface area contributed by atoms with Crippen LogP contribution in [0.15, 0.2) is 63.9 Å². The largest absolute Gasteiger partial charge is 0.495 e. The molecule has 0 fully saturated rings. The molecule has 0 spiro atoms. The van der Waals surface area contributed by atoms with Crippen LogP contribution in [0.4, 0.5) is 5.69 Å². The molecule has 0 aliphatic heterocycles. The average Bonchev–Trinajstić information content (AvgIpc) is 3.04. The second kappa shape index (κ2) is 6.92. The first-order valence-electron chi connectivity index (χ1n) is 8.28. The number of hydrogen-bond donors (Lipinski definition) is 1. The lowest BCUT2D eigenvalue weighted by Crippen LogP contribution is -2.14. The van der Waals surface area contributed by atoms with E-state index in [0.29, 0.717) is 16.9 Å². The minimum atomic E-state index is -3.99. The molecule has 1 heterocycles. The number of para-hydroxylation sites is 1. The Morgan fingerprint density at radius 1 is 0.893 bits per heavy atom. The molecule has 3 aromatic carbocycles. The van der Waals surface area contributed by atoms with Crippen LogP contribution >= 0.6 is 11.6 Å². The summed E-state index contributed by atoms with van der Waals surface area (Å²) in [6, 6.07) is 15.3. The van der Waals surface area contributed by atoms with Crippen LogP contribution in [0.5, 0.6) is 11.5 Å². The van der Waals surface area contributed by atoms with Gasteiger partial charge in [-0.1, -0.05) is 29.8 Å². The Labute approximate surface area is 166 Å². The first-order chi connectivity index (χ1) is 13.4. The van der Waals surface area contributed by atoms with Gasteiger partial charge >= 0.3 is 0 Å². The number of anilines is 1. The highest BCUT2D eigenvalue weighted by atomic mass is 35.5. The maximum absolute atomic E-state index is 13.0. The van der Waals surface area contributed by atoms with E-state index in [1.807, 2.05) is 24.3 Å². The van der Waals surface area contributed by atoms with E-state index in [1.165, 1.54) is 26.4 Å². The van der Waals surface area contributed by atoms with Crippen molar-refractivity contribution in [2.75, 3.05) is 18.9 Å². The number of nitrogens with one attached hydrogen (secondary N) is 1. The first-order valence-corrected chi connectivity index (χ1v) is 10.1. The Balaban J connectivity index is 1.85. The van der Waals surface area contributed by atoms with Crippen LogP contribution in [0.25, 0.3) is 21.9 Å². The van der Waals surface area contributed by atoms with Gasteiger partial charge < -0.3 is 13.9 Å². The molecule has 0 aliphatic carbocycles. The van der Waals surface area contributed by atoms with Gasteiger partial charge in [0.25, 0.3) is 10.0 Å². The number of hydrogen-bond acceptors (Lipinski definition) is 5. The van der Waals surface area contributed by atoms with E-state index in [2.05, 4.69) is 4.72 Å². The van der Waals surface area contributed by atoms with Gasteiger partial charge in [-0.2, -0.15) is 0 Å². The Bertz CT molecular complexity index is 1300. The Morgan fingerprint density at radius 3 is 2.39 bits per heavy atom. The predicted molar refractivity (Wildman–Crippen MR) is 109 cm³/mol. The van der Waals surface area contributed by atoms with Gasteiger partial charge in [0.1, 0.15) is 27.6 Å². The van der Waals surface area contributed by atoms with Gasteiger partial charge in [0, 0.05) is 21.9 Å². The summed E-state index contributed by atoms with van der Waals surface area (Å²) in [5.74, 6) is 0.546. The number of benzene rings is 3. The van der Waals surface area contributed by atoms with Crippen molar-refractivity contribution in [1.82, 2.24) is 0 Å². The fourth-order valence-electron chi connectivity index (χ4n) is 3.06. The van der Waals surface area contributed by atoms with Gasteiger partial charge in [-0.15, -0.1) is 0 Å². The van der Waals surface area contributed by atoms with Crippen molar-refractivity contribution in [3.05, 3.63) is 59.6 Å². The molecule has 8 heteroatoms. The third-order valence-corrected chi connectivity index (χ3v) is 5.98. The molecular formula is C20H16ClNO5S. The van der Waals surface area contributed by atoms with E-state index in [1.54, 1.807) is 18.2 Å². The monoisotopic (exact) mass is 417 g/mol. The number of methoxy groups -OCH3 is 2. The molecule has 1 aromatic heterocycles. The lowest BCUT2D eigenvalue weighted by molar-refractivity contribution is 0.403. The van der Waals surface area contributed by atoms with E-state index in [-0.39, 0.29) is 21.4 Å². The quantitative estimate of drug-likeness (QED) is 0.491. The summed E-state index contributed by atoms with van der Waals surface area (Å²) in [4.78, 5) is -0.0748. The zero-order valence-corrected chi connectivity index (χ0v) is 16.6. The number of fused-ring (bicyclic) bond motifs is 3. The molecule has 0 aliphatic rings. The summed E-state index contributed by atoms with van der Waals surface area (Å²) in [5, 5.41) is 2.03. The Morgan fingerprint density at radius 2 is 1.64 bits per heavy atom. The van der Waals surface area contributed by atoms with Crippen LogP contribution in [0.2, 0.25) is 5.02 Å². The summed E-state index contributed by atoms with van der Waals surface area (Å²) in [6.45, 7) is 0.